The van der Waals surface area contributed by atoms with Gasteiger partial charge in [0.1, 0.15) is 0 Å². The highest BCUT2D eigenvalue weighted by atomic mass is 16.2. The molecule has 2 aliphatic heterocycles. The minimum Gasteiger partial charge on any atom is -0.338 e. The number of aromatic nitrogens is 2. The molecule has 1 aromatic carbocycles. The zero-order valence-corrected chi connectivity index (χ0v) is 18.2. The normalized spacial score (nSPS) is 20.2. The summed E-state index contributed by atoms with van der Waals surface area (Å²) in [7, 11) is 0. The van der Waals surface area contributed by atoms with Crippen LogP contribution in [0, 0.1) is 0 Å². The largest absolute Gasteiger partial charge is 0.338 e. The van der Waals surface area contributed by atoms with Gasteiger partial charge in [-0.05, 0) is 26.0 Å². The van der Waals surface area contributed by atoms with E-state index >= 15 is 0 Å². The maximum Gasteiger partial charge on any atom is 0.323 e. The van der Waals surface area contributed by atoms with Gasteiger partial charge in [0.25, 0.3) is 0 Å². The molecule has 2 aliphatic rings. The summed E-state index contributed by atoms with van der Waals surface area (Å²) in [6.45, 7) is 8.97. The van der Waals surface area contributed by atoms with Crippen LogP contribution in [-0.4, -0.2) is 94.3 Å². The van der Waals surface area contributed by atoms with E-state index in [2.05, 4.69) is 34.5 Å². The number of para-hydroxylation sites is 1. The molecular formula is C22H31N7O2. The molecule has 166 valence electrons. The monoisotopic (exact) mass is 425 g/mol. The van der Waals surface area contributed by atoms with E-state index in [1.807, 2.05) is 41.4 Å². The Morgan fingerprint density at radius 1 is 1.03 bits per heavy atom. The van der Waals surface area contributed by atoms with Crippen LogP contribution in [0.1, 0.15) is 13.8 Å². The molecule has 2 fully saturated rings. The number of benzene rings is 1. The number of nitrogens with one attached hydrogen (secondary N) is 2. The fraction of sp³-hybridized carbons (Fsp3) is 0.500. The van der Waals surface area contributed by atoms with Gasteiger partial charge in [0.15, 0.2) is 5.82 Å². The maximum absolute atomic E-state index is 12.9. The minimum atomic E-state index is -0.188. The third-order valence-corrected chi connectivity index (χ3v) is 5.96. The van der Waals surface area contributed by atoms with Gasteiger partial charge in [0.2, 0.25) is 5.91 Å². The summed E-state index contributed by atoms with van der Waals surface area (Å²) in [5.74, 6) is 0.638. The molecule has 3 amide bonds. The molecule has 9 heteroatoms. The van der Waals surface area contributed by atoms with Crippen molar-refractivity contribution in [2.24, 2.45) is 0 Å². The van der Waals surface area contributed by atoms with Crippen molar-refractivity contribution in [2.45, 2.75) is 25.9 Å². The van der Waals surface area contributed by atoms with Crippen LogP contribution in [0.3, 0.4) is 0 Å². The van der Waals surface area contributed by atoms with E-state index in [9.17, 15) is 9.59 Å². The molecule has 0 saturated carbocycles. The molecule has 0 unspecified atom stereocenters. The van der Waals surface area contributed by atoms with Crippen LogP contribution in [0.2, 0.25) is 0 Å². The van der Waals surface area contributed by atoms with E-state index < -0.39 is 0 Å². The van der Waals surface area contributed by atoms with Gasteiger partial charge in [-0.25, -0.2) is 9.48 Å². The predicted octanol–water partition coefficient (Wildman–Crippen LogP) is 1.23. The number of hydrogen-bond acceptors (Lipinski definition) is 5. The molecule has 3 heterocycles. The number of amides is 3. The molecule has 31 heavy (non-hydrogen) atoms. The molecule has 1 atom stereocenters. The Bertz CT molecular complexity index is 890. The molecule has 0 radical (unpaired) electrons. The van der Waals surface area contributed by atoms with Crippen LogP contribution in [0.4, 0.5) is 10.6 Å². The third kappa shape index (κ3) is 5.05. The Labute approximate surface area is 183 Å². The zero-order valence-electron chi connectivity index (χ0n) is 18.2. The van der Waals surface area contributed by atoms with Gasteiger partial charge in [0, 0.05) is 64.1 Å². The van der Waals surface area contributed by atoms with Gasteiger partial charge in [0.05, 0.1) is 11.7 Å². The SMILES string of the molecule is CC(C)N1CCN[C@@H](C(=O)N2CCN(C(=O)Nc3ccn(-c4ccccc4)n3)CC2)C1. The van der Waals surface area contributed by atoms with Crippen molar-refractivity contribution >= 4 is 17.8 Å². The van der Waals surface area contributed by atoms with E-state index in [0.29, 0.717) is 38.0 Å². The topological polar surface area (TPSA) is 85.7 Å². The van der Waals surface area contributed by atoms with Gasteiger partial charge in [-0.1, -0.05) is 18.2 Å². The van der Waals surface area contributed by atoms with Gasteiger partial charge in [-0.3, -0.25) is 15.0 Å². The van der Waals surface area contributed by atoms with Crippen LogP contribution in [0.5, 0.6) is 0 Å². The van der Waals surface area contributed by atoms with Crippen LogP contribution in [0.15, 0.2) is 42.6 Å². The minimum absolute atomic E-state index is 0.131. The second kappa shape index (κ2) is 9.49. The molecule has 0 spiro atoms. The first-order chi connectivity index (χ1) is 15.0. The van der Waals surface area contributed by atoms with E-state index in [0.717, 1.165) is 25.3 Å². The molecule has 0 bridgehead atoms. The standard InChI is InChI=1S/C22H31N7O2/c1-17(2)28-11-9-23-19(16-28)21(30)26-12-14-27(15-13-26)22(31)24-20-8-10-29(25-20)18-6-4-3-5-7-18/h3-8,10,17,19,23H,9,11-16H2,1-2H3,(H,24,25,31)/t19-/m1/s1. The molecule has 4 rings (SSSR count). The van der Waals surface area contributed by atoms with Crippen molar-refractivity contribution in [3.8, 4) is 5.69 Å². The molecule has 2 N–H and O–H groups in total. The first-order valence-electron chi connectivity index (χ1n) is 10.9. The van der Waals surface area contributed by atoms with E-state index in [4.69, 9.17) is 0 Å². The number of anilines is 1. The van der Waals surface area contributed by atoms with Crippen LogP contribution in [-0.2, 0) is 4.79 Å². The fourth-order valence-corrected chi connectivity index (χ4v) is 4.06. The Balaban J connectivity index is 1.27. The highest BCUT2D eigenvalue weighted by Gasteiger charge is 2.32. The Morgan fingerprint density at radius 2 is 1.74 bits per heavy atom. The van der Waals surface area contributed by atoms with Crippen LogP contribution in [0.25, 0.3) is 5.69 Å². The number of carbonyl (C=O) groups is 2. The summed E-state index contributed by atoms with van der Waals surface area (Å²) < 4.78 is 1.73. The number of rotatable bonds is 4. The highest BCUT2D eigenvalue weighted by Crippen LogP contribution is 2.13. The van der Waals surface area contributed by atoms with Crippen molar-refractivity contribution in [3.05, 3.63) is 42.6 Å². The lowest BCUT2D eigenvalue weighted by Crippen LogP contribution is -2.61. The van der Waals surface area contributed by atoms with Gasteiger partial charge >= 0.3 is 6.03 Å². The average molecular weight is 426 g/mol. The van der Waals surface area contributed by atoms with Crippen LogP contribution >= 0.6 is 0 Å². The van der Waals surface area contributed by atoms with Crippen molar-refractivity contribution in [3.63, 3.8) is 0 Å². The number of nitrogens with zero attached hydrogens (tertiary/aromatic N) is 5. The fourth-order valence-electron chi connectivity index (χ4n) is 4.06. The number of urea groups is 1. The first kappa shape index (κ1) is 21.3. The second-order valence-electron chi connectivity index (χ2n) is 8.32. The summed E-state index contributed by atoms with van der Waals surface area (Å²) in [4.78, 5) is 31.5. The van der Waals surface area contributed by atoms with Gasteiger partial charge in [-0.15, -0.1) is 5.10 Å². The zero-order chi connectivity index (χ0) is 21.8. The van der Waals surface area contributed by atoms with E-state index in [1.165, 1.54) is 0 Å². The lowest BCUT2D eigenvalue weighted by atomic mass is 10.1. The third-order valence-electron chi connectivity index (χ3n) is 5.96. The van der Waals surface area contributed by atoms with Gasteiger partial charge in [-0.2, -0.15) is 0 Å². The summed E-state index contributed by atoms with van der Waals surface area (Å²) >= 11 is 0. The lowest BCUT2D eigenvalue weighted by Gasteiger charge is -2.40. The number of hydrogen-bond donors (Lipinski definition) is 2. The lowest BCUT2D eigenvalue weighted by molar-refractivity contribution is -0.136. The molecule has 0 aliphatic carbocycles. The summed E-state index contributed by atoms with van der Waals surface area (Å²) in [5.41, 5.74) is 0.933. The van der Waals surface area contributed by atoms with Crippen LogP contribution < -0.4 is 10.6 Å². The molecule has 2 saturated heterocycles. The summed E-state index contributed by atoms with van der Waals surface area (Å²) in [6, 6.07) is 11.6. The van der Waals surface area contributed by atoms with E-state index in [-0.39, 0.29) is 18.0 Å². The number of piperazine rings is 2. The van der Waals surface area contributed by atoms with Crippen molar-refractivity contribution < 1.29 is 9.59 Å². The Kier molecular flexibility index (Phi) is 6.53. The maximum atomic E-state index is 12.9. The smallest absolute Gasteiger partial charge is 0.323 e. The predicted molar refractivity (Wildman–Crippen MR) is 119 cm³/mol. The highest BCUT2D eigenvalue weighted by molar-refractivity contribution is 5.88. The average Bonchev–Trinajstić information content (AvgIpc) is 3.28. The molecule has 1 aromatic heterocycles. The van der Waals surface area contributed by atoms with Crippen molar-refractivity contribution in [1.29, 1.82) is 0 Å². The van der Waals surface area contributed by atoms with Crippen molar-refractivity contribution in [2.75, 3.05) is 51.1 Å². The molecule has 9 nitrogen and oxygen atoms in total. The molecule has 2 aromatic rings. The second-order valence-corrected chi connectivity index (χ2v) is 8.32. The van der Waals surface area contributed by atoms with Crippen molar-refractivity contribution in [1.82, 2.24) is 29.8 Å². The quantitative estimate of drug-likeness (QED) is 0.770. The summed E-state index contributed by atoms with van der Waals surface area (Å²) in [6.07, 6.45) is 1.82. The Hall–Kier alpha value is -2.91. The Morgan fingerprint density at radius 3 is 2.45 bits per heavy atom. The molecular weight excluding hydrogens is 394 g/mol. The first-order valence-corrected chi connectivity index (χ1v) is 10.9. The summed E-state index contributed by atoms with van der Waals surface area (Å²) in [5, 5.41) is 10.6. The number of carbonyl (C=O) groups excluding carboxylic acids is 2. The van der Waals surface area contributed by atoms with Gasteiger partial charge < -0.3 is 15.1 Å². The van der Waals surface area contributed by atoms with E-state index in [1.54, 1.807) is 15.6 Å².